The first-order valence-corrected chi connectivity index (χ1v) is 6.87. The van der Waals surface area contributed by atoms with Gasteiger partial charge in [0.25, 0.3) is 0 Å². The van der Waals surface area contributed by atoms with Crippen molar-refractivity contribution in [3.05, 3.63) is 17.8 Å². The van der Waals surface area contributed by atoms with Gasteiger partial charge in [-0.25, -0.2) is 0 Å². The Balaban J connectivity index is 2.64. The Bertz CT molecular complexity index is 330. The lowest BCUT2D eigenvalue weighted by atomic mass is 10.1. The van der Waals surface area contributed by atoms with Gasteiger partial charge in [0.05, 0.1) is 5.69 Å². The fourth-order valence-corrected chi connectivity index (χ4v) is 1.97. The summed E-state index contributed by atoms with van der Waals surface area (Å²) in [4.78, 5) is 2.21. The van der Waals surface area contributed by atoms with E-state index in [1.165, 1.54) is 0 Å². The van der Waals surface area contributed by atoms with Crippen LogP contribution in [0.2, 0.25) is 0 Å². The maximum atomic E-state index is 4.31. The first-order chi connectivity index (χ1) is 8.58. The molecule has 4 heteroatoms. The van der Waals surface area contributed by atoms with E-state index in [0.29, 0.717) is 12.1 Å². The summed E-state index contributed by atoms with van der Waals surface area (Å²) in [6.45, 7) is 9.45. The topological polar surface area (TPSA) is 41.0 Å². The van der Waals surface area contributed by atoms with E-state index in [4.69, 9.17) is 0 Å². The Morgan fingerprint density at radius 1 is 1.17 bits per heavy atom. The van der Waals surface area contributed by atoms with E-state index >= 15 is 0 Å². The minimum atomic E-state index is 0.471. The van der Waals surface area contributed by atoms with Crippen LogP contribution in [-0.4, -0.2) is 29.3 Å². The van der Waals surface area contributed by atoms with Crippen molar-refractivity contribution in [2.45, 2.75) is 59.2 Å². The summed E-state index contributed by atoms with van der Waals surface area (Å²) in [6, 6.07) is 5.12. The molecule has 1 aromatic heterocycles. The number of nitrogens with one attached hydrogen (secondary N) is 1. The van der Waals surface area contributed by atoms with E-state index in [2.05, 4.69) is 67.3 Å². The quantitative estimate of drug-likeness (QED) is 0.807. The Hall–Kier alpha value is -1.16. The average Bonchev–Trinajstić information content (AvgIpc) is 2.38. The van der Waals surface area contributed by atoms with Gasteiger partial charge in [0.15, 0.2) is 5.82 Å². The van der Waals surface area contributed by atoms with Crippen molar-refractivity contribution in [1.82, 2.24) is 15.5 Å². The van der Waals surface area contributed by atoms with Gasteiger partial charge in [-0.05, 0) is 25.0 Å². The minimum absolute atomic E-state index is 0.471. The highest BCUT2D eigenvalue weighted by Crippen LogP contribution is 2.15. The third-order valence-corrected chi connectivity index (χ3v) is 3.25. The normalized spacial score (nSPS) is 11.3. The van der Waals surface area contributed by atoms with E-state index in [1.807, 2.05) is 0 Å². The second kappa shape index (κ2) is 7.31. The van der Waals surface area contributed by atoms with Crippen molar-refractivity contribution in [2.24, 2.45) is 0 Å². The molecular weight excluding hydrogens is 224 g/mol. The number of anilines is 1. The third kappa shape index (κ3) is 4.26. The van der Waals surface area contributed by atoms with Crippen LogP contribution in [0.25, 0.3) is 0 Å². The minimum Gasteiger partial charge on any atom is -0.355 e. The fourth-order valence-electron chi connectivity index (χ4n) is 1.97. The second-order valence-electron chi connectivity index (χ2n) is 5.00. The van der Waals surface area contributed by atoms with Gasteiger partial charge in [0.1, 0.15) is 0 Å². The van der Waals surface area contributed by atoms with Crippen molar-refractivity contribution < 1.29 is 0 Å². The molecule has 1 aromatic rings. The van der Waals surface area contributed by atoms with Crippen LogP contribution in [0.3, 0.4) is 0 Å². The van der Waals surface area contributed by atoms with E-state index in [9.17, 15) is 0 Å². The molecule has 1 N–H and O–H groups in total. The first-order valence-electron chi connectivity index (χ1n) is 6.87. The maximum Gasteiger partial charge on any atom is 0.151 e. The third-order valence-electron chi connectivity index (χ3n) is 3.25. The lowest BCUT2D eigenvalue weighted by molar-refractivity contribution is 0.570. The lowest BCUT2D eigenvalue weighted by Gasteiger charge is -2.26. The molecule has 0 aliphatic rings. The number of hydrogen-bond donors (Lipinski definition) is 1. The summed E-state index contributed by atoms with van der Waals surface area (Å²) in [6.07, 6.45) is 2.26. The van der Waals surface area contributed by atoms with E-state index in [1.54, 1.807) is 0 Å². The molecule has 0 amide bonds. The van der Waals surface area contributed by atoms with Crippen LogP contribution in [0.1, 0.15) is 46.2 Å². The molecule has 0 fully saturated rings. The zero-order chi connectivity index (χ0) is 13.5. The van der Waals surface area contributed by atoms with Crippen LogP contribution < -0.4 is 10.2 Å². The molecule has 102 valence electrons. The van der Waals surface area contributed by atoms with Gasteiger partial charge in [-0.2, -0.15) is 5.10 Å². The van der Waals surface area contributed by atoms with Crippen LogP contribution in [-0.2, 0) is 6.54 Å². The second-order valence-corrected chi connectivity index (χ2v) is 5.00. The smallest absolute Gasteiger partial charge is 0.151 e. The van der Waals surface area contributed by atoms with E-state index in [0.717, 1.165) is 30.9 Å². The molecule has 4 nitrogen and oxygen atoms in total. The monoisotopic (exact) mass is 250 g/mol. The number of aromatic nitrogens is 2. The van der Waals surface area contributed by atoms with Gasteiger partial charge in [0.2, 0.25) is 0 Å². The van der Waals surface area contributed by atoms with Crippen molar-refractivity contribution in [2.75, 3.05) is 11.9 Å². The van der Waals surface area contributed by atoms with Gasteiger partial charge in [-0.3, -0.25) is 0 Å². The van der Waals surface area contributed by atoms with E-state index in [-0.39, 0.29) is 0 Å². The molecule has 0 saturated carbocycles. The summed E-state index contributed by atoms with van der Waals surface area (Å²) in [5.41, 5.74) is 0.991. The zero-order valence-corrected chi connectivity index (χ0v) is 12.3. The predicted molar refractivity (Wildman–Crippen MR) is 76.8 cm³/mol. The molecule has 1 heterocycles. The first kappa shape index (κ1) is 14.9. The summed E-state index contributed by atoms with van der Waals surface area (Å²) in [5.74, 6) is 0.956. The summed E-state index contributed by atoms with van der Waals surface area (Å²) >= 11 is 0. The molecule has 0 spiro atoms. The van der Waals surface area contributed by atoms with Gasteiger partial charge >= 0.3 is 0 Å². The van der Waals surface area contributed by atoms with Crippen LogP contribution in [0.5, 0.6) is 0 Å². The Labute approximate surface area is 111 Å². The van der Waals surface area contributed by atoms with Crippen molar-refractivity contribution in [1.29, 1.82) is 0 Å². The highest BCUT2D eigenvalue weighted by atomic mass is 15.3. The molecule has 18 heavy (non-hydrogen) atoms. The van der Waals surface area contributed by atoms with Gasteiger partial charge in [0, 0.05) is 25.7 Å². The molecular formula is C14H26N4. The molecule has 0 bridgehead atoms. The molecule has 0 radical (unpaired) electrons. The standard InChI is InChI=1S/C14H26N4/c1-6-13(7-2)18(5)14-9-8-12(16-17-14)10-15-11(3)4/h8-9,11,13,15H,6-7,10H2,1-5H3. The molecule has 0 saturated heterocycles. The number of nitrogens with zero attached hydrogens (tertiary/aromatic N) is 3. The van der Waals surface area contributed by atoms with E-state index < -0.39 is 0 Å². The van der Waals surface area contributed by atoms with Crippen LogP contribution in [0.4, 0.5) is 5.82 Å². The fraction of sp³-hybridized carbons (Fsp3) is 0.714. The van der Waals surface area contributed by atoms with Crippen molar-refractivity contribution >= 4 is 5.82 Å². The van der Waals surface area contributed by atoms with Gasteiger partial charge in [-0.15, -0.1) is 5.10 Å². The summed E-state index contributed by atoms with van der Waals surface area (Å²) in [7, 11) is 2.09. The van der Waals surface area contributed by atoms with Crippen LogP contribution in [0, 0.1) is 0 Å². The predicted octanol–water partition coefficient (Wildman–Crippen LogP) is 2.60. The van der Waals surface area contributed by atoms with Crippen LogP contribution in [0.15, 0.2) is 12.1 Å². The Kier molecular flexibility index (Phi) is 6.05. The highest BCUT2D eigenvalue weighted by Gasteiger charge is 2.12. The van der Waals surface area contributed by atoms with Crippen LogP contribution >= 0.6 is 0 Å². The molecule has 0 unspecified atom stereocenters. The molecule has 0 atom stereocenters. The molecule has 0 aliphatic heterocycles. The zero-order valence-electron chi connectivity index (χ0n) is 12.3. The SMILES string of the molecule is CCC(CC)N(C)c1ccc(CNC(C)C)nn1. The number of rotatable bonds is 7. The number of hydrogen-bond acceptors (Lipinski definition) is 4. The average molecular weight is 250 g/mol. The van der Waals surface area contributed by atoms with Crippen molar-refractivity contribution in [3.8, 4) is 0 Å². The van der Waals surface area contributed by atoms with Gasteiger partial charge < -0.3 is 10.2 Å². The largest absolute Gasteiger partial charge is 0.355 e. The Morgan fingerprint density at radius 3 is 2.28 bits per heavy atom. The maximum absolute atomic E-state index is 4.31. The van der Waals surface area contributed by atoms with Gasteiger partial charge in [-0.1, -0.05) is 27.7 Å². The molecule has 0 aromatic carbocycles. The molecule has 0 aliphatic carbocycles. The summed E-state index contributed by atoms with van der Waals surface area (Å²) in [5, 5.41) is 11.9. The van der Waals surface area contributed by atoms with Crippen molar-refractivity contribution in [3.63, 3.8) is 0 Å². The summed E-state index contributed by atoms with van der Waals surface area (Å²) < 4.78 is 0. The Morgan fingerprint density at radius 2 is 1.83 bits per heavy atom. The molecule has 1 rings (SSSR count). The highest BCUT2D eigenvalue weighted by molar-refractivity contribution is 5.37. The lowest BCUT2D eigenvalue weighted by Crippen LogP contribution is -2.31.